The van der Waals surface area contributed by atoms with Gasteiger partial charge in [0.2, 0.25) is 0 Å². The number of thiocarbonyl (C=S) groups is 1. The van der Waals surface area contributed by atoms with Crippen molar-refractivity contribution >= 4 is 40.3 Å². The average Bonchev–Trinajstić information content (AvgIpc) is 2.93. The molecule has 3 aromatic rings. The van der Waals surface area contributed by atoms with E-state index in [-0.39, 0.29) is 16.4 Å². The first kappa shape index (κ1) is 15.3. The lowest BCUT2D eigenvalue weighted by atomic mass is 10.1. The Bertz CT molecular complexity index is 1100. The molecule has 0 radical (unpaired) electrons. The van der Waals surface area contributed by atoms with Crippen molar-refractivity contribution in [2.24, 2.45) is 0 Å². The average molecular weight is 348 g/mol. The monoisotopic (exact) mass is 348 g/mol. The third-order valence-electron chi connectivity index (χ3n) is 3.84. The summed E-state index contributed by atoms with van der Waals surface area (Å²) in [6, 6.07) is 16.1. The lowest BCUT2D eigenvalue weighted by molar-refractivity contribution is -0.115. The van der Waals surface area contributed by atoms with Gasteiger partial charge < -0.3 is 9.73 Å². The molecule has 2 N–H and O–H groups in total. The molecule has 25 heavy (non-hydrogen) atoms. The topological polar surface area (TPSA) is 71.3 Å². The van der Waals surface area contributed by atoms with Gasteiger partial charge in [0.25, 0.3) is 5.91 Å². The second-order valence-corrected chi connectivity index (χ2v) is 5.97. The maximum Gasteiger partial charge on any atom is 0.273 e. The highest BCUT2D eigenvalue weighted by Gasteiger charge is 2.20. The first-order chi connectivity index (χ1) is 12.1. The minimum absolute atomic E-state index is 0.139. The number of fused-ring (bicyclic) bond motifs is 1. The molecule has 1 aliphatic rings. The van der Waals surface area contributed by atoms with E-state index in [9.17, 15) is 9.59 Å². The van der Waals surface area contributed by atoms with E-state index < -0.39 is 0 Å². The van der Waals surface area contributed by atoms with Crippen LogP contribution in [0.4, 0.5) is 0 Å². The molecule has 0 aliphatic carbocycles. The quantitative estimate of drug-likeness (QED) is 0.550. The molecule has 2 heterocycles. The van der Waals surface area contributed by atoms with Crippen LogP contribution in [0, 0.1) is 0 Å². The van der Waals surface area contributed by atoms with Gasteiger partial charge >= 0.3 is 0 Å². The summed E-state index contributed by atoms with van der Waals surface area (Å²) in [7, 11) is 0. The van der Waals surface area contributed by atoms with Crippen molar-refractivity contribution in [3.05, 3.63) is 76.1 Å². The highest BCUT2D eigenvalue weighted by molar-refractivity contribution is 7.80. The molecule has 5 nitrogen and oxygen atoms in total. The van der Waals surface area contributed by atoms with E-state index in [2.05, 4.69) is 10.6 Å². The molecule has 1 aliphatic heterocycles. The summed E-state index contributed by atoms with van der Waals surface area (Å²) in [5, 5.41) is 5.99. The van der Waals surface area contributed by atoms with E-state index >= 15 is 0 Å². The highest BCUT2D eigenvalue weighted by Crippen LogP contribution is 2.23. The van der Waals surface area contributed by atoms with Crippen LogP contribution in [-0.4, -0.2) is 11.0 Å². The van der Waals surface area contributed by atoms with Gasteiger partial charge in [-0.3, -0.25) is 14.9 Å². The molecule has 122 valence electrons. The number of carbonyl (C=O) groups excluding carboxylic acids is 1. The molecule has 6 heteroatoms. The molecular weight excluding hydrogens is 336 g/mol. The molecule has 1 fully saturated rings. The second-order valence-electron chi connectivity index (χ2n) is 5.56. The molecule has 1 saturated heterocycles. The van der Waals surface area contributed by atoms with Gasteiger partial charge in [-0.1, -0.05) is 36.4 Å². The number of benzene rings is 2. The van der Waals surface area contributed by atoms with Crippen LogP contribution in [0.3, 0.4) is 0 Å². The molecule has 0 bridgehead atoms. The molecule has 0 unspecified atom stereocenters. The second kappa shape index (κ2) is 5.99. The van der Waals surface area contributed by atoms with Crippen LogP contribution in [0.2, 0.25) is 0 Å². The van der Waals surface area contributed by atoms with Gasteiger partial charge in [-0.15, -0.1) is 0 Å². The van der Waals surface area contributed by atoms with Crippen LogP contribution >= 0.6 is 12.2 Å². The number of hydrogen-bond acceptors (Lipinski definition) is 4. The zero-order valence-corrected chi connectivity index (χ0v) is 13.7. The van der Waals surface area contributed by atoms with Gasteiger partial charge in [0.1, 0.15) is 17.0 Å². The van der Waals surface area contributed by atoms with E-state index in [0.717, 1.165) is 5.56 Å². The van der Waals surface area contributed by atoms with Crippen LogP contribution in [0.15, 0.2) is 69.5 Å². The van der Waals surface area contributed by atoms with Gasteiger partial charge in [0.05, 0.1) is 5.39 Å². The number of carbonyl (C=O) groups is 1. The Morgan fingerprint density at radius 1 is 0.960 bits per heavy atom. The van der Waals surface area contributed by atoms with E-state index in [1.54, 1.807) is 24.3 Å². The maximum atomic E-state index is 12.5. The van der Waals surface area contributed by atoms with Crippen molar-refractivity contribution < 1.29 is 9.21 Å². The lowest BCUT2D eigenvalue weighted by Crippen LogP contribution is -2.21. The van der Waals surface area contributed by atoms with Crippen LogP contribution in [0.1, 0.15) is 5.56 Å². The molecular formula is C19H12N2O3S. The van der Waals surface area contributed by atoms with Crippen molar-refractivity contribution in [1.29, 1.82) is 0 Å². The fraction of sp³-hybridized carbons (Fsp3) is 0. The number of amides is 1. The summed E-state index contributed by atoms with van der Waals surface area (Å²) in [5.74, 6) is 0.225. The molecule has 0 atom stereocenters. The highest BCUT2D eigenvalue weighted by atomic mass is 32.1. The SMILES string of the molecule is O=C1NC(=S)N/C1=C/c1ccc2oc(-c3ccccc3)cc(=O)c2c1. The predicted octanol–water partition coefficient (Wildman–Crippen LogP) is 2.81. The number of nitrogens with one attached hydrogen (secondary N) is 2. The van der Waals surface area contributed by atoms with Gasteiger partial charge in [-0.2, -0.15) is 0 Å². The summed E-state index contributed by atoms with van der Waals surface area (Å²) in [5.41, 5.74) is 2.24. The molecule has 4 rings (SSSR count). The molecule has 0 spiro atoms. The summed E-state index contributed by atoms with van der Waals surface area (Å²) in [4.78, 5) is 24.2. The van der Waals surface area contributed by atoms with E-state index in [1.807, 2.05) is 30.3 Å². The molecule has 0 saturated carbocycles. The van der Waals surface area contributed by atoms with Crippen LogP contribution in [0.5, 0.6) is 0 Å². The Labute approximate surface area is 148 Å². The van der Waals surface area contributed by atoms with Crippen LogP contribution in [-0.2, 0) is 4.79 Å². The van der Waals surface area contributed by atoms with Crippen molar-refractivity contribution in [2.45, 2.75) is 0 Å². The van der Waals surface area contributed by atoms with Crippen molar-refractivity contribution in [3.63, 3.8) is 0 Å². The van der Waals surface area contributed by atoms with E-state index in [0.29, 0.717) is 28.0 Å². The zero-order valence-electron chi connectivity index (χ0n) is 12.9. The Balaban J connectivity index is 1.79. The third kappa shape index (κ3) is 2.95. The molecule has 1 amide bonds. The van der Waals surface area contributed by atoms with Crippen LogP contribution < -0.4 is 16.1 Å². The minimum Gasteiger partial charge on any atom is -0.456 e. The Morgan fingerprint density at radius 3 is 2.48 bits per heavy atom. The van der Waals surface area contributed by atoms with E-state index in [4.69, 9.17) is 16.6 Å². The fourth-order valence-corrected chi connectivity index (χ4v) is 2.86. The Hall–Kier alpha value is -3.25. The van der Waals surface area contributed by atoms with Gasteiger partial charge in [-0.25, -0.2) is 0 Å². The first-order valence-electron chi connectivity index (χ1n) is 7.57. The maximum absolute atomic E-state index is 12.5. The van der Waals surface area contributed by atoms with Gasteiger partial charge in [-0.05, 0) is 36.0 Å². The summed E-state index contributed by atoms with van der Waals surface area (Å²) in [6.07, 6.45) is 1.64. The molecule has 2 aromatic carbocycles. The third-order valence-corrected chi connectivity index (χ3v) is 4.04. The van der Waals surface area contributed by atoms with Crippen LogP contribution in [0.25, 0.3) is 28.4 Å². The summed E-state index contributed by atoms with van der Waals surface area (Å²) < 4.78 is 5.86. The van der Waals surface area contributed by atoms with Gasteiger partial charge in [0.15, 0.2) is 10.5 Å². The normalized spacial score (nSPS) is 15.4. The van der Waals surface area contributed by atoms with Crippen molar-refractivity contribution in [2.75, 3.05) is 0 Å². The largest absolute Gasteiger partial charge is 0.456 e. The number of hydrogen-bond donors (Lipinski definition) is 2. The van der Waals surface area contributed by atoms with Crippen molar-refractivity contribution in [1.82, 2.24) is 10.6 Å². The Kier molecular flexibility index (Phi) is 3.66. The summed E-state index contributed by atoms with van der Waals surface area (Å²) in [6.45, 7) is 0. The number of rotatable bonds is 2. The standard InChI is InChI=1S/C19H12N2O3S/c22-15-10-17(12-4-2-1-3-5-12)24-16-7-6-11(8-13(15)16)9-14-18(23)21-19(25)20-14/h1-10H,(H2,20,21,23,25)/b14-9+. The van der Waals surface area contributed by atoms with Crippen molar-refractivity contribution in [3.8, 4) is 11.3 Å². The lowest BCUT2D eigenvalue weighted by Gasteiger charge is -2.04. The van der Waals surface area contributed by atoms with Gasteiger partial charge in [0, 0.05) is 11.6 Å². The predicted molar refractivity (Wildman–Crippen MR) is 99.8 cm³/mol. The summed E-state index contributed by atoms with van der Waals surface area (Å²) >= 11 is 4.90. The minimum atomic E-state index is -0.295. The van der Waals surface area contributed by atoms with E-state index in [1.165, 1.54) is 6.07 Å². The smallest absolute Gasteiger partial charge is 0.273 e. The zero-order chi connectivity index (χ0) is 17.4. The Morgan fingerprint density at radius 2 is 1.76 bits per heavy atom. The first-order valence-corrected chi connectivity index (χ1v) is 7.98. The fourth-order valence-electron chi connectivity index (χ4n) is 2.66. The molecule has 1 aromatic heterocycles.